The van der Waals surface area contributed by atoms with E-state index in [1.54, 1.807) is 0 Å². The summed E-state index contributed by atoms with van der Waals surface area (Å²) in [4.78, 5) is 5.08. The normalized spacial score (nSPS) is 27.7. The van der Waals surface area contributed by atoms with Crippen molar-refractivity contribution in [1.82, 2.24) is 9.80 Å². The van der Waals surface area contributed by atoms with Gasteiger partial charge in [0.25, 0.3) is 0 Å². The molecule has 0 aromatic heterocycles. The van der Waals surface area contributed by atoms with Gasteiger partial charge in [0, 0.05) is 24.7 Å². The van der Waals surface area contributed by atoms with Crippen molar-refractivity contribution >= 4 is 0 Å². The Hall–Kier alpha value is -0.120. The maximum atomic E-state index is 6.41. The van der Waals surface area contributed by atoms with E-state index < -0.39 is 0 Å². The summed E-state index contributed by atoms with van der Waals surface area (Å²) in [5.74, 6) is 0. The molecule has 0 amide bonds. The maximum absolute atomic E-state index is 6.41. The van der Waals surface area contributed by atoms with E-state index in [1.165, 1.54) is 38.9 Å². The lowest BCUT2D eigenvalue weighted by molar-refractivity contribution is 0.146. The molecule has 1 fully saturated rings. The first-order valence-electron chi connectivity index (χ1n) is 7.20. The minimum Gasteiger partial charge on any atom is -0.324 e. The smallest absolute Gasteiger partial charge is 0.0254 e. The summed E-state index contributed by atoms with van der Waals surface area (Å²) in [6, 6.07) is 0.683. The van der Waals surface area contributed by atoms with Gasteiger partial charge in [-0.15, -0.1) is 0 Å². The van der Waals surface area contributed by atoms with Crippen molar-refractivity contribution in [3.63, 3.8) is 0 Å². The summed E-state index contributed by atoms with van der Waals surface area (Å²) in [5, 5.41) is 0. The monoisotopic (exact) mass is 241 g/mol. The second-order valence-corrected chi connectivity index (χ2v) is 6.05. The third kappa shape index (κ3) is 4.94. The van der Waals surface area contributed by atoms with Crippen LogP contribution >= 0.6 is 0 Å². The van der Waals surface area contributed by atoms with Crippen LogP contribution in [0.1, 0.15) is 46.5 Å². The van der Waals surface area contributed by atoms with Crippen LogP contribution in [0.2, 0.25) is 0 Å². The number of nitrogens with two attached hydrogens (primary N) is 1. The van der Waals surface area contributed by atoms with Crippen LogP contribution in [-0.4, -0.2) is 54.6 Å². The minimum absolute atomic E-state index is 0.0227. The highest BCUT2D eigenvalue weighted by molar-refractivity contribution is 4.87. The van der Waals surface area contributed by atoms with E-state index >= 15 is 0 Å². The highest BCUT2D eigenvalue weighted by Crippen LogP contribution is 2.17. The van der Waals surface area contributed by atoms with Gasteiger partial charge in [-0.25, -0.2) is 0 Å². The molecule has 1 aliphatic heterocycles. The van der Waals surface area contributed by atoms with Gasteiger partial charge in [0.05, 0.1) is 0 Å². The molecule has 3 heteroatoms. The van der Waals surface area contributed by atoms with Gasteiger partial charge in [-0.1, -0.05) is 20.3 Å². The standard InChI is InChI=1S/C14H31N3/c1-5-8-14(3,15)12-17-10-7-9-16(4)11-13(17)6-2/h13H,5-12,15H2,1-4H3. The molecule has 0 spiro atoms. The second-order valence-electron chi connectivity index (χ2n) is 6.05. The third-order valence-corrected chi connectivity index (χ3v) is 3.88. The van der Waals surface area contributed by atoms with Crippen LogP contribution in [-0.2, 0) is 0 Å². The number of nitrogens with zero attached hydrogens (tertiary/aromatic N) is 2. The molecular weight excluding hydrogens is 210 g/mol. The summed E-state index contributed by atoms with van der Waals surface area (Å²) >= 11 is 0. The molecule has 2 unspecified atom stereocenters. The first-order chi connectivity index (χ1) is 7.98. The average Bonchev–Trinajstić information content (AvgIpc) is 2.39. The van der Waals surface area contributed by atoms with Crippen LogP contribution in [0.25, 0.3) is 0 Å². The summed E-state index contributed by atoms with van der Waals surface area (Å²) in [7, 11) is 2.24. The van der Waals surface area contributed by atoms with Crippen molar-refractivity contribution in [3.05, 3.63) is 0 Å². The second kappa shape index (κ2) is 6.72. The maximum Gasteiger partial charge on any atom is 0.0254 e. The zero-order valence-electron chi connectivity index (χ0n) is 12.2. The molecule has 0 bridgehead atoms. The quantitative estimate of drug-likeness (QED) is 0.798. The fraction of sp³-hybridized carbons (Fsp3) is 1.00. The van der Waals surface area contributed by atoms with Crippen LogP contribution in [0.4, 0.5) is 0 Å². The Morgan fingerprint density at radius 3 is 2.59 bits per heavy atom. The number of hydrogen-bond acceptors (Lipinski definition) is 3. The van der Waals surface area contributed by atoms with Crippen LogP contribution in [0.3, 0.4) is 0 Å². The van der Waals surface area contributed by atoms with Crippen molar-refractivity contribution in [1.29, 1.82) is 0 Å². The van der Waals surface area contributed by atoms with Crippen molar-refractivity contribution in [2.75, 3.05) is 33.2 Å². The summed E-state index contributed by atoms with van der Waals surface area (Å²) in [6.07, 6.45) is 4.80. The Morgan fingerprint density at radius 2 is 2.00 bits per heavy atom. The van der Waals surface area contributed by atoms with Crippen LogP contribution in [0.5, 0.6) is 0 Å². The molecule has 1 saturated heterocycles. The van der Waals surface area contributed by atoms with E-state index in [0.717, 1.165) is 13.0 Å². The topological polar surface area (TPSA) is 32.5 Å². The first-order valence-corrected chi connectivity index (χ1v) is 7.20. The van der Waals surface area contributed by atoms with Crippen molar-refractivity contribution < 1.29 is 0 Å². The van der Waals surface area contributed by atoms with Crippen molar-refractivity contribution in [3.8, 4) is 0 Å². The largest absolute Gasteiger partial charge is 0.324 e. The fourth-order valence-corrected chi connectivity index (χ4v) is 3.00. The molecular formula is C14H31N3. The van der Waals surface area contributed by atoms with Gasteiger partial charge in [-0.05, 0) is 46.3 Å². The molecule has 1 rings (SSSR count). The first kappa shape index (κ1) is 14.9. The predicted octanol–water partition coefficient (Wildman–Crippen LogP) is 1.92. The molecule has 0 aromatic carbocycles. The minimum atomic E-state index is -0.0227. The molecule has 0 radical (unpaired) electrons. The van der Waals surface area contributed by atoms with Gasteiger partial charge < -0.3 is 10.6 Å². The Balaban J connectivity index is 2.59. The van der Waals surface area contributed by atoms with Gasteiger partial charge in [-0.3, -0.25) is 4.90 Å². The lowest BCUT2D eigenvalue weighted by Crippen LogP contribution is -2.52. The Kier molecular flexibility index (Phi) is 5.90. The molecule has 0 aliphatic carbocycles. The SMILES string of the molecule is CCCC(C)(N)CN1CCCN(C)CC1CC. The molecule has 0 saturated carbocycles. The molecule has 3 nitrogen and oxygen atoms in total. The Bertz CT molecular complexity index is 216. The molecule has 2 N–H and O–H groups in total. The molecule has 1 heterocycles. The van der Waals surface area contributed by atoms with Crippen LogP contribution < -0.4 is 5.73 Å². The van der Waals surface area contributed by atoms with Gasteiger partial charge in [0.1, 0.15) is 0 Å². The van der Waals surface area contributed by atoms with Crippen LogP contribution in [0, 0.1) is 0 Å². The lowest BCUT2D eigenvalue weighted by atomic mass is 9.95. The van der Waals surface area contributed by atoms with Gasteiger partial charge in [0.15, 0.2) is 0 Å². The number of likely N-dealkylation sites (N-methyl/N-ethyl adjacent to an activating group) is 1. The fourth-order valence-electron chi connectivity index (χ4n) is 3.00. The Labute approximate surface area is 107 Å². The van der Waals surface area contributed by atoms with E-state index in [4.69, 9.17) is 5.73 Å². The van der Waals surface area contributed by atoms with Gasteiger partial charge in [0.2, 0.25) is 0 Å². The third-order valence-electron chi connectivity index (χ3n) is 3.88. The summed E-state index contributed by atoms with van der Waals surface area (Å²) in [5.41, 5.74) is 6.38. The highest BCUT2D eigenvalue weighted by atomic mass is 15.2. The van der Waals surface area contributed by atoms with Gasteiger partial charge in [-0.2, -0.15) is 0 Å². The summed E-state index contributed by atoms with van der Waals surface area (Å²) in [6.45, 7) is 11.4. The van der Waals surface area contributed by atoms with E-state index in [2.05, 4.69) is 37.6 Å². The average molecular weight is 241 g/mol. The number of hydrogen-bond donors (Lipinski definition) is 1. The number of rotatable bonds is 5. The van der Waals surface area contributed by atoms with E-state index in [-0.39, 0.29) is 5.54 Å². The van der Waals surface area contributed by atoms with Gasteiger partial charge >= 0.3 is 0 Å². The van der Waals surface area contributed by atoms with Crippen molar-refractivity contribution in [2.24, 2.45) is 5.73 Å². The molecule has 17 heavy (non-hydrogen) atoms. The van der Waals surface area contributed by atoms with E-state index in [1.807, 2.05) is 0 Å². The highest BCUT2D eigenvalue weighted by Gasteiger charge is 2.27. The van der Waals surface area contributed by atoms with E-state index in [0.29, 0.717) is 6.04 Å². The molecule has 0 aromatic rings. The van der Waals surface area contributed by atoms with E-state index in [9.17, 15) is 0 Å². The van der Waals surface area contributed by atoms with Crippen molar-refractivity contribution in [2.45, 2.75) is 58.0 Å². The zero-order chi connectivity index (χ0) is 12.9. The molecule has 2 atom stereocenters. The van der Waals surface area contributed by atoms with Crippen LogP contribution in [0.15, 0.2) is 0 Å². The zero-order valence-corrected chi connectivity index (χ0v) is 12.2. The molecule has 1 aliphatic rings. The predicted molar refractivity (Wildman–Crippen MR) is 75.3 cm³/mol. The lowest BCUT2D eigenvalue weighted by Gasteiger charge is -2.36. The summed E-state index contributed by atoms with van der Waals surface area (Å²) < 4.78 is 0. The molecule has 102 valence electrons. The Morgan fingerprint density at radius 1 is 1.29 bits per heavy atom.